The van der Waals surface area contributed by atoms with Crippen LogP contribution >= 0.6 is 11.6 Å². The normalized spacial score (nSPS) is 12.4. The summed E-state index contributed by atoms with van der Waals surface area (Å²) in [5.41, 5.74) is 1.05. The maximum absolute atomic E-state index is 11.1. The summed E-state index contributed by atoms with van der Waals surface area (Å²) in [7, 11) is 0. The zero-order valence-corrected chi connectivity index (χ0v) is 13.6. The highest BCUT2D eigenvalue weighted by atomic mass is 35.5. The van der Waals surface area contributed by atoms with Crippen molar-refractivity contribution in [3.63, 3.8) is 0 Å². The Bertz CT molecular complexity index is 463. The van der Waals surface area contributed by atoms with E-state index in [1.54, 1.807) is 6.07 Å². The number of hydrogen-bond acceptors (Lipinski definition) is 3. The molecule has 0 saturated carbocycles. The van der Waals surface area contributed by atoms with E-state index < -0.39 is 12.1 Å². The van der Waals surface area contributed by atoms with Gasteiger partial charge in [-0.05, 0) is 36.6 Å². The Morgan fingerprint density at radius 3 is 2.67 bits per heavy atom. The number of nitrogens with one attached hydrogen (secondary N) is 1. The summed E-state index contributed by atoms with van der Waals surface area (Å²) < 4.78 is 5.49. The third kappa shape index (κ3) is 6.36. The number of halogens is 1. The maximum atomic E-state index is 11.1. The van der Waals surface area contributed by atoms with E-state index in [1.807, 2.05) is 19.1 Å². The summed E-state index contributed by atoms with van der Waals surface area (Å²) in [5, 5.41) is 12.9. The first-order chi connectivity index (χ1) is 9.93. The van der Waals surface area contributed by atoms with E-state index in [1.165, 1.54) is 0 Å². The summed E-state index contributed by atoms with van der Waals surface area (Å²) in [6, 6.07) is 5.45. The Hall–Kier alpha value is -1.26. The second kappa shape index (κ2) is 8.90. The van der Waals surface area contributed by atoms with Gasteiger partial charge in [0.15, 0.2) is 6.10 Å². The van der Waals surface area contributed by atoms with Gasteiger partial charge in [0.25, 0.3) is 0 Å². The van der Waals surface area contributed by atoms with Crippen molar-refractivity contribution >= 4 is 17.6 Å². The molecule has 0 aromatic heterocycles. The van der Waals surface area contributed by atoms with Crippen LogP contribution in [0.25, 0.3) is 0 Å². The van der Waals surface area contributed by atoms with Crippen LogP contribution in [0.2, 0.25) is 5.02 Å². The molecular formula is C16H24ClNO3. The number of carbonyl (C=O) groups is 1. The summed E-state index contributed by atoms with van der Waals surface area (Å²) in [6.45, 7) is 7.89. The number of carboxylic acid groups (broad SMARTS) is 1. The lowest BCUT2D eigenvalue weighted by Crippen LogP contribution is -2.26. The molecule has 1 aromatic carbocycles. The van der Waals surface area contributed by atoms with Crippen molar-refractivity contribution in [3.8, 4) is 5.75 Å². The molecule has 0 saturated heterocycles. The van der Waals surface area contributed by atoms with Crippen LogP contribution in [0.15, 0.2) is 18.2 Å². The summed E-state index contributed by atoms with van der Waals surface area (Å²) in [6.07, 6.45) is 0.354. The van der Waals surface area contributed by atoms with Crippen molar-refractivity contribution in [2.75, 3.05) is 6.54 Å². The van der Waals surface area contributed by atoms with Crippen molar-refractivity contribution in [2.45, 2.75) is 46.3 Å². The highest BCUT2D eigenvalue weighted by Crippen LogP contribution is 2.27. The van der Waals surface area contributed by atoms with Crippen molar-refractivity contribution in [3.05, 3.63) is 28.8 Å². The minimum absolute atomic E-state index is 0.421. The smallest absolute Gasteiger partial charge is 0.344 e. The molecule has 5 heteroatoms. The van der Waals surface area contributed by atoms with Gasteiger partial charge in [-0.3, -0.25) is 0 Å². The maximum Gasteiger partial charge on any atom is 0.344 e. The van der Waals surface area contributed by atoms with Crippen LogP contribution < -0.4 is 10.1 Å². The van der Waals surface area contributed by atoms with E-state index in [-0.39, 0.29) is 0 Å². The van der Waals surface area contributed by atoms with E-state index in [9.17, 15) is 4.79 Å². The van der Waals surface area contributed by atoms with E-state index in [2.05, 4.69) is 19.2 Å². The first-order valence-corrected chi connectivity index (χ1v) is 7.70. The molecular weight excluding hydrogens is 290 g/mol. The molecule has 118 valence electrons. The second-order valence-corrected chi connectivity index (χ2v) is 5.93. The molecule has 0 fully saturated rings. The summed E-state index contributed by atoms with van der Waals surface area (Å²) in [4.78, 5) is 11.1. The molecule has 4 nitrogen and oxygen atoms in total. The SMILES string of the molecule is CCCC(Oc1ccc(CNCC(C)C)cc1Cl)C(=O)O. The molecule has 1 aromatic rings. The van der Waals surface area contributed by atoms with Gasteiger partial charge in [0.1, 0.15) is 5.75 Å². The van der Waals surface area contributed by atoms with Crippen LogP contribution in [-0.2, 0) is 11.3 Å². The molecule has 2 N–H and O–H groups in total. The third-order valence-corrected chi connectivity index (χ3v) is 3.27. The molecule has 0 aliphatic carbocycles. The van der Waals surface area contributed by atoms with Gasteiger partial charge in [-0.1, -0.05) is 44.9 Å². The van der Waals surface area contributed by atoms with Crippen molar-refractivity contribution < 1.29 is 14.6 Å². The lowest BCUT2D eigenvalue weighted by Gasteiger charge is -2.16. The van der Waals surface area contributed by atoms with Gasteiger partial charge in [-0.2, -0.15) is 0 Å². The van der Waals surface area contributed by atoms with Gasteiger partial charge >= 0.3 is 5.97 Å². The quantitative estimate of drug-likeness (QED) is 0.729. The molecule has 0 aliphatic rings. The third-order valence-electron chi connectivity index (χ3n) is 2.97. The van der Waals surface area contributed by atoms with Gasteiger partial charge in [0, 0.05) is 6.54 Å². The predicted molar refractivity (Wildman–Crippen MR) is 85.0 cm³/mol. The predicted octanol–water partition coefficient (Wildman–Crippen LogP) is 3.72. The monoisotopic (exact) mass is 313 g/mol. The molecule has 1 unspecified atom stereocenters. The fourth-order valence-corrected chi connectivity index (χ4v) is 2.15. The van der Waals surface area contributed by atoms with E-state index in [4.69, 9.17) is 21.4 Å². The minimum Gasteiger partial charge on any atom is -0.479 e. The Balaban J connectivity index is 2.66. The number of rotatable bonds is 9. The topological polar surface area (TPSA) is 58.6 Å². The number of carboxylic acids is 1. The number of aliphatic carboxylic acids is 1. The van der Waals surface area contributed by atoms with Gasteiger partial charge in [-0.15, -0.1) is 0 Å². The van der Waals surface area contributed by atoms with Crippen molar-refractivity contribution in [1.82, 2.24) is 5.32 Å². The minimum atomic E-state index is -0.962. The van der Waals surface area contributed by atoms with Gasteiger partial charge in [-0.25, -0.2) is 4.79 Å². The number of ether oxygens (including phenoxy) is 1. The van der Waals surface area contributed by atoms with Crippen LogP contribution in [-0.4, -0.2) is 23.7 Å². The van der Waals surface area contributed by atoms with Crippen LogP contribution in [0.5, 0.6) is 5.75 Å². The average Bonchev–Trinajstić information content (AvgIpc) is 2.40. The van der Waals surface area contributed by atoms with Gasteiger partial charge in [0.05, 0.1) is 5.02 Å². The molecule has 1 atom stereocenters. The van der Waals surface area contributed by atoms with Gasteiger partial charge < -0.3 is 15.2 Å². The zero-order chi connectivity index (χ0) is 15.8. The van der Waals surface area contributed by atoms with Gasteiger partial charge in [0.2, 0.25) is 0 Å². The molecule has 21 heavy (non-hydrogen) atoms. The highest BCUT2D eigenvalue weighted by Gasteiger charge is 2.19. The standard InChI is InChI=1S/C16H24ClNO3/c1-4-5-15(16(19)20)21-14-7-6-12(8-13(14)17)10-18-9-11(2)3/h6-8,11,15,18H,4-5,9-10H2,1-3H3,(H,19,20). The largest absolute Gasteiger partial charge is 0.479 e. The van der Waals surface area contributed by atoms with E-state index >= 15 is 0 Å². The summed E-state index contributed by atoms with van der Waals surface area (Å²) in [5.74, 6) is 0.0502. The second-order valence-electron chi connectivity index (χ2n) is 5.52. The van der Waals surface area contributed by atoms with Crippen LogP contribution in [0.4, 0.5) is 0 Å². The number of benzene rings is 1. The van der Waals surface area contributed by atoms with Crippen molar-refractivity contribution in [1.29, 1.82) is 0 Å². The summed E-state index contributed by atoms with van der Waals surface area (Å²) >= 11 is 6.17. The molecule has 0 spiro atoms. The van der Waals surface area contributed by atoms with E-state index in [0.29, 0.717) is 23.1 Å². The molecule has 0 radical (unpaired) electrons. The fourth-order valence-electron chi connectivity index (χ4n) is 1.90. The van der Waals surface area contributed by atoms with Crippen LogP contribution in [0.1, 0.15) is 39.2 Å². The lowest BCUT2D eigenvalue weighted by molar-refractivity contribution is -0.145. The first kappa shape index (κ1) is 17.8. The molecule has 1 rings (SSSR count). The molecule has 0 amide bonds. The van der Waals surface area contributed by atoms with Crippen LogP contribution in [0, 0.1) is 5.92 Å². The molecule has 0 heterocycles. The zero-order valence-electron chi connectivity index (χ0n) is 12.9. The fraction of sp³-hybridized carbons (Fsp3) is 0.562. The molecule has 0 bridgehead atoms. The molecule has 0 aliphatic heterocycles. The van der Waals surface area contributed by atoms with Crippen molar-refractivity contribution in [2.24, 2.45) is 5.92 Å². The first-order valence-electron chi connectivity index (χ1n) is 7.32. The average molecular weight is 314 g/mol. The Kier molecular flexibility index (Phi) is 7.54. The highest BCUT2D eigenvalue weighted by molar-refractivity contribution is 6.32. The Labute approximate surface area is 131 Å². The van der Waals surface area contributed by atoms with E-state index in [0.717, 1.165) is 25.1 Å². The Morgan fingerprint density at radius 1 is 1.43 bits per heavy atom. The Morgan fingerprint density at radius 2 is 2.14 bits per heavy atom. The lowest BCUT2D eigenvalue weighted by atomic mass is 10.2. The number of hydrogen-bond donors (Lipinski definition) is 2. The van der Waals surface area contributed by atoms with Crippen LogP contribution in [0.3, 0.4) is 0 Å².